The number of anilines is 1. The van der Waals surface area contributed by atoms with Crippen LogP contribution in [0.1, 0.15) is 11.1 Å². The molecule has 3 N–H and O–H groups in total. The number of nitrogens with one attached hydrogen (secondary N) is 1. The maximum absolute atomic E-state index is 12.1. The molecule has 106 valence electrons. The number of benzene rings is 2. The van der Waals surface area contributed by atoms with Crippen molar-refractivity contribution >= 4 is 23.2 Å². The lowest BCUT2D eigenvalue weighted by Gasteiger charge is -2.07. The molecular formula is C17H15ClN2O. The fourth-order valence-electron chi connectivity index (χ4n) is 1.83. The quantitative estimate of drug-likeness (QED) is 0.856. The third-order valence-electron chi connectivity index (χ3n) is 2.80. The maximum Gasteiger partial charge on any atom is 0.228 e. The Morgan fingerprint density at radius 1 is 1.14 bits per heavy atom. The molecule has 0 aliphatic carbocycles. The van der Waals surface area contributed by atoms with E-state index in [1.807, 2.05) is 36.4 Å². The molecule has 1 amide bonds. The monoisotopic (exact) mass is 298 g/mol. The van der Waals surface area contributed by atoms with Crippen LogP contribution in [-0.4, -0.2) is 12.5 Å². The fourth-order valence-corrected chi connectivity index (χ4v) is 1.96. The Balaban J connectivity index is 2.07. The van der Waals surface area contributed by atoms with Gasteiger partial charge in [-0.25, -0.2) is 0 Å². The van der Waals surface area contributed by atoms with Gasteiger partial charge in [-0.15, -0.1) is 0 Å². The average Bonchev–Trinajstić information content (AvgIpc) is 2.49. The van der Waals surface area contributed by atoms with E-state index in [0.29, 0.717) is 10.7 Å². The summed E-state index contributed by atoms with van der Waals surface area (Å²) in [5.41, 5.74) is 7.72. The molecule has 2 aromatic rings. The number of halogens is 1. The Kier molecular flexibility index (Phi) is 5.39. The van der Waals surface area contributed by atoms with E-state index in [-0.39, 0.29) is 18.9 Å². The van der Waals surface area contributed by atoms with E-state index in [0.717, 1.165) is 11.1 Å². The van der Waals surface area contributed by atoms with Gasteiger partial charge in [-0.05, 0) is 29.8 Å². The molecule has 21 heavy (non-hydrogen) atoms. The van der Waals surface area contributed by atoms with Gasteiger partial charge in [0.2, 0.25) is 5.91 Å². The molecule has 0 fully saturated rings. The number of para-hydroxylation sites is 1. The number of carbonyl (C=O) groups is 1. The van der Waals surface area contributed by atoms with Crippen molar-refractivity contribution in [2.24, 2.45) is 5.73 Å². The van der Waals surface area contributed by atoms with E-state index in [9.17, 15) is 4.79 Å². The highest BCUT2D eigenvalue weighted by Crippen LogP contribution is 2.15. The van der Waals surface area contributed by atoms with Crippen molar-refractivity contribution in [2.45, 2.75) is 6.42 Å². The summed E-state index contributed by atoms with van der Waals surface area (Å²) in [6.07, 6.45) is 0.288. The summed E-state index contributed by atoms with van der Waals surface area (Å²) in [5.74, 6) is 5.63. The van der Waals surface area contributed by atoms with Gasteiger partial charge in [0.15, 0.2) is 0 Å². The van der Waals surface area contributed by atoms with Gasteiger partial charge >= 0.3 is 0 Å². The molecule has 3 nitrogen and oxygen atoms in total. The van der Waals surface area contributed by atoms with Gasteiger partial charge in [-0.1, -0.05) is 47.7 Å². The predicted octanol–water partition coefficient (Wildman–Crippen LogP) is 2.83. The Morgan fingerprint density at radius 3 is 2.57 bits per heavy atom. The third-order valence-corrected chi connectivity index (χ3v) is 3.06. The van der Waals surface area contributed by atoms with E-state index in [1.54, 1.807) is 12.1 Å². The van der Waals surface area contributed by atoms with Gasteiger partial charge in [0.1, 0.15) is 0 Å². The molecule has 4 heteroatoms. The Labute approximate surface area is 129 Å². The highest BCUT2D eigenvalue weighted by atomic mass is 35.5. The molecule has 0 aromatic heterocycles. The van der Waals surface area contributed by atoms with E-state index in [2.05, 4.69) is 17.2 Å². The summed E-state index contributed by atoms with van der Waals surface area (Å²) in [6, 6.07) is 14.6. The Morgan fingerprint density at radius 2 is 1.86 bits per heavy atom. The molecule has 0 heterocycles. The fraction of sp³-hybridized carbons (Fsp3) is 0.118. The molecule has 0 aliphatic heterocycles. The molecular weight excluding hydrogens is 284 g/mol. The number of rotatable bonds is 3. The molecule has 0 radical (unpaired) electrons. The van der Waals surface area contributed by atoms with Crippen molar-refractivity contribution in [3.63, 3.8) is 0 Å². The van der Waals surface area contributed by atoms with Gasteiger partial charge in [0.05, 0.1) is 18.7 Å². The molecule has 0 bridgehead atoms. The average molecular weight is 299 g/mol. The number of hydrogen-bond donors (Lipinski definition) is 2. The lowest BCUT2D eigenvalue weighted by molar-refractivity contribution is -0.115. The highest BCUT2D eigenvalue weighted by Gasteiger charge is 2.06. The second-order valence-electron chi connectivity index (χ2n) is 4.40. The van der Waals surface area contributed by atoms with Gasteiger partial charge in [-0.3, -0.25) is 4.79 Å². The van der Waals surface area contributed by atoms with Crippen molar-refractivity contribution in [3.8, 4) is 11.8 Å². The van der Waals surface area contributed by atoms with Crippen molar-refractivity contribution in [1.82, 2.24) is 0 Å². The Hall–Kier alpha value is -2.28. The van der Waals surface area contributed by atoms with Crippen molar-refractivity contribution in [1.29, 1.82) is 0 Å². The first-order valence-electron chi connectivity index (χ1n) is 6.51. The topological polar surface area (TPSA) is 55.1 Å². The number of amides is 1. The smallest absolute Gasteiger partial charge is 0.228 e. The summed E-state index contributed by atoms with van der Waals surface area (Å²) in [6.45, 7) is 0.285. The molecule has 2 aromatic carbocycles. The minimum absolute atomic E-state index is 0.0979. The molecule has 0 aliphatic rings. The van der Waals surface area contributed by atoms with Crippen LogP contribution in [0.2, 0.25) is 5.02 Å². The summed E-state index contributed by atoms with van der Waals surface area (Å²) >= 11 is 5.82. The molecule has 0 saturated carbocycles. The van der Waals surface area contributed by atoms with E-state index in [1.165, 1.54) is 0 Å². The van der Waals surface area contributed by atoms with Crippen LogP contribution in [0.3, 0.4) is 0 Å². The molecule has 0 spiro atoms. The lowest BCUT2D eigenvalue weighted by Crippen LogP contribution is -2.15. The van der Waals surface area contributed by atoms with Gasteiger partial charge in [0.25, 0.3) is 0 Å². The van der Waals surface area contributed by atoms with Crippen molar-refractivity contribution < 1.29 is 4.79 Å². The van der Waals surface area contributed by atoms with E-state index >= 15 is 0 Å². The zero-order chi connectivity index (χ0) is 15.1. The Bertz CT molecular complexity index is 684. The number of carbonyl (C=O) groups excluding carboxylic acids is 1. The van der Waals surface area contributed by atoms with E-state index < -0.39 is 0 Å². The SMILES string of the molecule is NCC#Cc1ccccc1NC(=O)Cc1ccc(Cl)cc1. The second kappa shape index (κ2) is 7.49. The molecule has 0 atom stereocenters. The van der Waals surface area contributed by atoms with Crippen LogP contribution < -0.4 is 11.1 Å². The van der Waals surface area contributed by atoms with Crippen molar-refractivity contribution in [2.75, 3.05) is 11.9 Å². The highest BCUT2D eigenvalue weighted by molar-refractivity contribution is 6.30. The first-order chi connectivity index (χ1) is 10.2. The van der Waals surface area contributed by atoms with Crippen LogP contribution in [0.25, 0.3) is 0 Å². The van der Waals surface area contributed by atoms with Crippen LogP contribution in [0.5, 0.6) is 0 Å². The lowest BCUT2D eigenvalue weighted by atomic mass is 10.1. The predicted molar refractivity (Wildman–Crippen MR) is 86.2 cm³/mol. The summed E-state index contributed by atoms with van der Waals surface area (Å²) in [5, 5.41) is 3.52. The number of hydrogen-bond acceptors (Lipinski definition) is 2. The van der Waals surface area contributed by atoms with Gasteiger partial charge in [-0.2, -0.15) is 0 Å². The molecule has 0 saturated heterocycles. The third kappa shape index (κ3) is 4.64. The van der Waals surface area contributed by atoms with Crippen LogP contribution >= 0.6 is 11.6 Å². The summed E-state index contributed by atoms with van der Waals surface area (Å²) in [4.78, 5) is 12.1. The van der Waals surface area contributed by atoms with Crippen LogP contribution in [0.4, 0.5) is 5.69 Å². The van der Waals surface area contributed by atoms with E-state index in [4.69, 9.17) is 17.3 Å². The van der Waals surface area contributed by atoms with Crippen LogP contribution in [0.15, 0.2) is 48.5 Å². The zero-order valence-corrected chi connectivity index (χ0v) is 12.2. The minimum atomic E-state index is -0.0979. The largest absolute Gasteiger partial charge is 0.325 e. The summed E-state index contributed by atoms with van der Waals surface area (Å²) in [7, 11) is 0. The number of nitrogens with two attached hydrogens (primary N) is 1. The van der Waals surface area contributed by atoms with Crippen LogP contribution in [-0.2, 0) is 11.2 Å². The first-order valence-corrected chi connectivity index (χ1v) is 6.89. The summed E-state index contributed by atoms with van der Waals surface area (Å²) < 4.78 is 0. The molecule has 0 unspecified atom stereocenters. The zero-order valence-electron chi connectivity index (χ0n) is 11.4. The minimum Gasteiger partial charge on any atom is -0.325 e. The normalized spacial score (nSPS) is 9.62. The maximum atomic E-state index is 12.1. The first kappa shape index (κ1) is 15.1. The van der Waals surface area contributed by atoms with Crippen molar-refractivity contribution in [3.05, 3.63) is 64.7 Å². The van der Waals surface area contributed by atoms with Crippen LogP contribution in [0, 0.1) is 11.8 Å². The standard InChI is InChI=1S/C17H15ClN2O/c18-15-9-7-13(8-10-15)12-17(21)20-16-6-2-1-4-14(16)5-3-11-19/h1-2,4,6-10H,11-12,19H2,(H,20,21). The van der Waals surface area contributed by atoms with Gasteiger partial charge in [0, 0.05) is 10.6 Å². The van der Waals surface area contributed by atoms with Gasteiger partial charge < -0.3 is 11.1 Å². The molecule has 2 rings (SSSR count). The second-order valence-corrected chi connectivity index (χ2v) is 4.84.